The van der Waals surface area contributed by atoms with Crippen molar-refractivity contribution in [1.82, 2.24) is 24.6 Å². The molecule has 150 valence electrons. The second kappa shape index (κ2) is 8.81. The van der Waals surface area contributed by atoms with Crippen LogP contribution in [0.1, 0.15) is 30.5 Å². The summed E-state index contributed by atoms with van der Waals surface area (Å²) in [7, 11) is 2.14. The van der Waals surface area contributed by atoms with Crippen molar-refractivity contribution in [2.24, 2.45) is 0 Å². The number of nitrogens with one attached hydrogen (secondary N) is 1. The standard InChI is InChI=1S/C20H28N6O2/c1-24-9-5-17(6-10-24)26-18(4-8-22-26)23-20(27)19(16-3-2-7-21-15-16)25-11-13-28-14-12-25/h2-4,7-8,15,17,19H,5-6,9-14H2,1H3,(H,23,27). The molecule has 4 heterocycles. The van der Waals surface area contributed by atoms with Gasteiger partial charge in [-0.3, -0.25) is 14.7 Å². The molecule has 0 spiro atoms. The van der Waals surface area contributed by atoms with Gasteiger partial charge in [0.05, 0.1) is 25.5 Å². The van der Waals surface area contributed by atoms with Gasteiger partial charge in [-0.15, -0.1) is 0 Å². The highest BCUT2D eigenvalue weighted by Crippen LogP contribution is 2.27. The number of ether oxygens (including phenoxy) is 1. The molecule has 8 nitrogen and oxygen atoms in total. The van der Waals surface area contributed by atoms with E-state index >= 15 is 0 Å². The number of carbonyl (C=O) groups excluding carboxylic acids is 1. The molecule has 2 aromatic rings. The molecule has 4 rings (SSSR count). The van der Waals surface area contributed by atoms with Gasteiger partial charge in [0.25, 0.3) is 0 Å². The highest BCUT2D eigenvalue weighted by molar-refractivity contribution is 5.94. The number of hydrogen-bond acceptors (Lipinski definition) is 6. The highest BCUT2D eigenvalue weighted by Gasteiger charge is 2.30. The fraction of sp³-hybridized carbons (Fsp3) is 0.550. The summed E-state index contributed by atoms with van der Waals surface area (Å²) in [5, 5.41) is 7.63. The number of hydrogen-bond donors (Lipinski definition) is 1. The van der Waals surface area contributed by atoms with Gasteiger partial charge in [-0.2, -0.15) is 5.10 Å². The van der Waals surface area contributed by atoms with Gasteiger partial charge in [0.2, 0.25) is 5.91 Å². The third kappa shape index (κ3) is 4.24. The molecule has 2 fully saturated rings. The molecule has 2 aliphatic rings. The van der Waals surface area contributed by atoms with Gasteiger partial charge >= 0.3 is 0 Å². The van der Waals surface area contributed by atoms with E-state index in [1.165, 1.54) is 0 Å². The molecule has 0 aliphatic carbocycles. The van der Waals surface area contributed by atoms with Crippen LogP contribution in [0, 0.1) is 0 Å². The van der Waals surface area contributed by atoms with E-state index in [0.29, 0.717) is 19.3 Å². The van der Waals surface area contributed by atoms with Crippen molar-refractivity contribution in [3.8, 4) is 0 Å². The lowest BCUT2D eigenvalue weighted by molar-refractivity contribution is -0.123. The van der Waals surface area contributed by atoms with Gasteiger partial charge in [-0.25, -0.2) is 4.68 Å². The molecule has 0 bridgehead atoms. The topological polar surface area (TPSA) is 75.5 Å². The first-order chi connectivity index (χ1) is 13.7. The van der Waals surface area contributed by atoms with E-state index in [2.05, 4.69) is 32.2 Å². The summed E-state index contributed by atoms with van der Waals surface area (Å²) in [6.07, 6.45) is 7.34. The van der Waals surface area contributed by atoms with Crippen LogP contribution in [0.5, 0.6) is 0 Å². The van der Waals surface area contributed by atoms with Gasteiger partial charge in [0, 0.05) is 31.5 Å². The number of aromatic nitrogens is 3. The fourth-order valence-electron chi connectivity index (χ4n) is 4.04. The van der Waals surface area contributed by atoms with E-state index in [1.807, 2.05) is 22.9 Å². The van der Waals surface area contributed by atoms with E-state index in [9.17, 15) is 4.79 Å². The molecule has 1 atom stereocenters. The molecule has 2 saturated heterocycles. The van der Waals surface area contributed by atoms with Crippen LogP contribution in [0.3, 0.4) is 0 Å². The van der Waals surface area contributed by atoms with Crippen LogP contribution >= 0.6 is 0 Å². The Morgan fingerprint density at radius 3 is 2.68 bits per heavy atom. The third-order valence-corrected chi connectivity index (χ3v) is 5.61. The number of carbonyl (C=O) groups is 1. The number of morpholine rings is 1. The zero-order valence-corrected chi connectivity index (χ0v) is 16.3. The predicted octanol–water partition coefficient (Wildman–Crippen LogP) is 1.56. The number of anilines is 1. The molecule has 0 saturated carbocycles. The first-order valence-electron chi connectivity index (χ1n) is 9.97. The van der Waals surface area contributed by atoms with Crippen molar-refractivity contribution in [3.05, 3.63) is 42.4 Å². The van der Waals surface area contributed by atoms with Crippen LogP contribution in [-0.4, -0.2) is 76.9 Å². The first-order valence-corrected chi connectivity index (χ1v) is 9.97. The Balaban J connectivity index is 1.53. The molecule has 28 heavy (non-hydrogen) atoms. The lowest BCUT2D eigenvalue weighted by Crippen LogP contribution is -2.44. The molecule has 2 aliphatic heterocycles. The summed E-state index contributed by atoms with van der Waals surface area (Å²) in [6.45, 7) is 4.81. The van der Waals surface area contributed by atoms with Crippen LogP contribution < -0.4 is 5.32 Å². The van der Waals surface area contributed by atoms with E-state index in [1.54, 1.807) is 18.6 Å². The third-order valence-electron chi connectivity index (χ3n) is 5.61. The Morgan fingerprint density at radius 2 is 1.96 bits per heavy atom. The molecule has 1 N–H and O–H groups in total. The zero-order valence-electron chi connectivity index (χ0n) is 16.3. The van der Waals surface area contributed by atoms with Crippen molar-refractivity contribution in [2.75, 3.05) is 51.8 Å². The highest BCUT2D eigenvalue weighted by atomic mass is 16.5. The minimum Gasteiger partial charge on any atom is -0.379 e. The summed E-state index contributed by atoms with van der Waals surface area (Å²) in [5.41, 5.74) is 0.896. The minimum absolute atomic E-state index is 0.0513. The van der Waals surface area contributed by atoms with Crippen LogP contribution in [0.15, 0.2) is 36.8 Å². The second-order valence-electron chi connectivity index (χ2n) is 7.52. The van der Waals surface area contributed by atoms with Gasteiger partial charge in [0.1, 0.15) is 11.9 Å². The van der Waals surface area contributed by atoms with Crippen LogP contribution in [0.4, 0.5) is 5.82 Å². The van der Waals surface area contributed by atoms with Crippen LogP contribution in [0.25, 0.3) is 0 Å². The number of nitrogens with zero attached hydrogens (tertiary/aromatic N) is 5. The lowest BCUT2D eigenvalue weighted by Gasteiger charge is -2.34. The SMILES string of the molecule is CN1CCC(n2nccc2NC(=O)C(c2cccnc2)N2CCOCC2)CC1. The number of amides is 1. The van der Waals surface area contributed by atoms with Crippen molar-refractivity contribution in [1.29, 1.82) is 0 Å². The van der Waals surface area contributed by atoms with Crippen LogP contribution in [-0.2, 0) is 9.53 Å². The van der Waals surface area contributed by atoms with E-state index < -0.39 is 6.04 Å². The van der Waals surface area contributed by atoms with Crippen molar-refractivity contribution < 1.29 is 9.53 Å². The van der Waals surface area contributed by atoms with E-state index in [-0.39, 0.29) is 5.91 Å². The Hall–Kier alpha value is -2.29. The number of likely N-dealkylation sites (tertiary alicyclic amines) is 1. The van der Waals surface area contributed by atoms with Gasteiger partial charge in [-0.05, 0) is 44.6 Å². The van der Waals surface area contributed by atoms with Gasteiger partial charge < -0.3 is 15.0 Å². The Labute approximate surface area is 165 Å². The molecule has 0 radical (unpaired) electrons. The average Bonchev–Trinajstić information content (AvgIpc) is 3.18. The monoisotopic (exact) mass is 384 g/mol. The summed E-state index contributed by atoms with van der Waals surface area (Å²) in [5.74, 6) is 0.714. The average molecular weight is 384 g/mol. The maximum atomic E-state index is 13.3. The molecule has 1 amide bonds. The smallest absolute Gasteiger partial charge is 0.247 e. The maximum Gasteiger partial charge on any atom is 0.247 e. The van der Waals surface area contributed by atoms with E-state index in [4.69, 9.17) is 4.74 Å². The summed E-state index contributed by atoms with van der Waals surface area (Å²) >= 11 is 0. The summed E-state index contributed by atoms with van der Waals surface area (Å²) in [4.78, 5) is 22.0. The quantitative estimate of drug-likeness (QED) is 0.843. The summed E-state index contributed by atoms with van der Waals surface area (Å²) < 4.78 is 7.45. The van der Waals surface area contributed by atoms with Gasteiger partial charge in [-0.1, -0.05) is 6.07 Å². The second-order valence-corrected chi connectivity index (χ2v) is 7.52. The number of pyridine rings is 1. The summed E-state index contributed by atoms with van der Waals surface area (Å²) in [6, 6.07) is 5.65. The fourth-order valence-corrected chi connectivity index (χ4v) is 4.04. The molecular weight excluding hydrogens is 356 g/mol. The molecule has 0 aromatic carbocycles. The maximum absolute atomic E-state index is 13.3. The Bertz CT molecular complexity index is 766. The van der Waals surface area contributed by atoms with Crippen LogP contribution in [0.2, 0.25) is 0 Å². The largest absolute Gasteiger partial charge is 0.379 e. The first kappa shape index (κ1) is 19.0. The Kier molecular flexibility index (Phi) is 5.99. The van der Waals surface area contributed by atoms with Gasteiger partial charge in [0.15, 0.2) is 0 Å². The van der Waals surface area contributed by atoms with Crippen molar-refractivity contribution >= 4 is 11.7 Å². The minimum atomic E-state index is -0.390. The molecular formula is C20H28N6O2. The predicted molar refractivity (Wildman–Crippen MR) is 106 cm³/mol. The normalized spacial score (nSPS) is 20.8. The lowest BCUT2D eigenvalue weighted by atomic mass is 10.1. The number of piperidine rings is 1. The van der Waals surface area contributed by atoms with Crippen molar-refractivity contribution in [3.63, 3.8) is 0 Å². The zero-order chi connectivity index (χ0) is 19.3. The number of rotatable bonds is 5. The Morgan fingerprint density at radius 1 is 1.18 bits per heavy atom. The molecule has 8 heteroatoms. The van der Waals surface area contributed by atoms with Crippen molar-refractivity contribution in [2.45, 2.75) is 24.9 Å². The van der Waals surface area contributed by atoms with E-state index in [0.717, 1.165) is 50.4 Å². The molecule has 2 aromatic heterocycles. The molecule has 1 unspecified atom stereocenters.